The zero-order valence-corrected chi connectivity index (χ0v) is 8.99. The van der Waals surface area contributed by atoms with Crippen molar-refractivity contribution in [2.45, 2.75) is 13.3 Å². The first-order valence-electron chi connectivity index (χ1n) is 4.96. The highest BCUT2D eigenvalue weighted by atomic mass is 16.2. The van der Waals surface area contributed by atoms with Gasteiger partial charge in [0.15, 0.2) is 0 Å². The fraction of sp³-hybridized carbons (Fsp3) is 0.700. The third-order valence-electron chi connectivity index (χ3n) is 2.65. The summed E-state index contributed by atoms with van der Waals surface area (Å²) in [5, 5.41) is 10.5. The van der Waals surface area contributed by atoms with Gasteiger partial charge in [-0.05, 0) is 18.3 Å². The first-order valence-corrected chi connectivity index (χ1v) is 4.96. The normalized spacial score (nSPS) is 22.7. The molecule has 0 heterocycles. The van der Waals surface area contributed by atoms with Crippen LogP contribution in [0.25, 0.3) is 0 Å². The average molecular weight is 209 g/mol. The van der Waals surface area contributed by atoms with E-state index in [-0.39, 0.29) is 6.54 Å². The smallest absolute Gasteiger partial charge is 0.311 e. The van der Waals surface area contributed by atoms with Gasteiger partial charge >= 0.3 is 11.8 Å². The lowest BCUT2D eigenvalue weighted by atomic mass is 10.3. The van der Waals surface area contributed by atoms with Crippen LogP contribution in [0, 0.1) is 23.2 Å². The Morgan fingerprint density at radius 1 is 1.60 bits per heavy atom. The number of nitrogens with one attached hydrogen (secondary N) is 1. The summed E-state index contributed by atoms with van der Waals surface area (Å²) in [7, 11) is 1.61. The van der Waals surface area contributed by atoms with E-state index in [1.54, 1.807) is 13.1 Å². The van der Waals surface area contributed by atoms with E-state index < -0.39 is 11.8 Å². The lowest BCUT2D eigenvalue weighted by Gasteiger charge is -2.15. The summed E-state index contributed by atoms with van der Waals surface area (Å²) in [5.41, 5.74) is 0. The second-order valence-corrected chi connectivity index (χ2v) is 4.00. The predicted octanol–water partition coefficient (Wildman–Crippen LogP) is -0.259. The monoisotopic (exact) mass is 209 g/mol. The molecule has 1 rings (SSSR count). The molecule has 5 heteroatoms. The van der Waals surface area contributed by atoms with Crippen LogP contribution >= 0.6 is 0 Å². The number of rotatable bonds is 3. The van der Waals surface area contributed by atoms with Gasteiger partial charge in [-0.2, -0.15) is 5.26 Å². The van der Waals surface area contributed by atoms with Crippen LogP contribution in [-0.2, 0) is 9.59 Å². The van der Waals surface area contributed by atoms with Crippen molar-refractivity contribution in [1.82, 2.24) is 10.2 Å². The minimum Gasteiger partial charge on any atom is -0.337 e. The van der Waals surface area contributed by atoms with E-state index in [2.05, 4.69) is 12.2 Å². The summed E-state index contributed by atoms with van der Waals surface area (Å²) < 4.78 is 0. The van der Waals surface area contributed by atoms with Crippen molar-refractivity contribution >= 4 is 11.8 Å². The Kier molecular flexibility index (Phi) is 3.67. The zero-order valence-electron chi connectivity index (χ0n) is 8.99. The van der Waals surface area contributed by atoms with Gasteiger partial charge in [0.2, 0.25) is 0 Å². The molecule has 82 valence electrons. The third-order valence-corrected chi connectivity index (χ3v) is 2.65. The second kappa shape index (κ2) is 4.78. The van der Waals surface area contributed by atoms with Crippen LogP contribution in [0.15, 0.2) is 0 Å². The molecule has 0 spiro atoms. The third kappa shape index (κ3) is 3.24. The van der Waals surface area contributed by atoms with Gasteiger partial charge in [-0.3, -0.25) is 9.59 Å². The van der Waals surface area contributed by atoms with E-state index in [1.807, 2.05) is 0 Å². The Bertz CT molecular complexity index is 308. The van der Waals surface area contributed by atoms with E-state index in [9.17, 15) is 9.59 Å². The summed E-state index contributed by atoms with van der Waals surface area (Å²) in [4.78, 5) is 24.0. The summed E-state index contributed by atoms with van der Waals surface area (Å²) in [6.07, 6.45) is 1.12. The van der Waals surface area contributed by atoms with E-state index in [1.165, 1.54) is 4.90 Å². The molecule has 1 saturated carbocycles. The van der Waals surface area contributed by atoms with Crippen molar-refractivity contribution in [3.63, 3.8) is 0 Å². The number of carbonyl (C=O) groups excluding carboxylic acids is 2. The number of carbonyl (C=O) groups is 2. The highest BCUT2D eigenvalue weighted by Gasteiger charge is 2.35. The maximum atomic E-state index is 11.4. The van der Waals surface area contributed by atoms with Gasteiger partial charge in [0.25, 0.3) is 0 Å². The minimum absolute atomic E-state index is 0.127. The fourth-order valence-electron chi connectivity index (χ4n) is 1.46. The van der Waals surface area contributed by atoms with Crippen LogP contribution in [-0.4, -0.2) is 36.9 Å². The number of amides is 2. The van der Waals surface area contributed by atoms with Crippen LogP contribution in [0.1, 0.15) is 13.3 Å². The van der Waals surface area contributed by atoms with Gasteiger partial charge in [-0.15, -0.1) is 0 Å². The van der Waals surface area contributed by atoms with Crippen molar-refractivity contribution in [3.05, 3.63) is 0 Å². The molecule has 0 aromatic carbocycles. The molecule has 0 bridgehead atoms. The topological polar surface area (TPSA) is 73.2 Å². The van der Waals surface area contributed by atoms with Crippen molar-refractivity contribution in [1.29, 1.82) is 5.26 Å². The SMILES string of the molecule is CC1CC1CN(C)C(=O)C(=O)NCC#N. The highest BCUT2D eigenvalue weighted by molar-refractivity contribution is 6.34. The first kappa shape index (κ1) is 11.5. The maximum Gasteiger partial charge on any atom is 0.311 e. The predicted molar refractivity (Wildman–Crippen MR) is 53.5 cm³/mol. The Labute approximate surface area is 89.0 Å². The molecule has 0 saturated heterocycles. The number of hydrogen-bond acceptors (Lipinski definition) is 3. The molecule has 2 unspecified atom stereocenters. The molecule has 2 atom stereocenters. The van der Waals surface area contributed by atoms with Gasteiger partial charge < -0.3 is 10.2 Å². The summed E-state index contributed by atoms with van der Waals surface area (Å²) in [5.74, 6) is -0.0816. The molecular formula is C10H15N3O2. The van der Waals surface area contributed by atoms with Crippen LogP contribution < -0.4 is 5.32 Å². The van der Waals surface area contributed by atoms with Crippen LogP contribution in [0.4, 0.5) is 0 Å². The van der Waals surface area contributed by atoms with Gasteiger partial charge in [0.05, 0.1) is 6.07 Å². The van der Waals surface area contributed by atoms with Crippen molar-refractivity contribution < 1.29 is 9.59 Å². The molecule has 15 heavy (non-hydrogen) atoms. The molecule has 0 aliphatic heterocycles. The van der Waals surface area contributed by atoms with E-state index in [4.69, 9.17) is 5.26 Å². The zero-order chi connectivity index (χ0) is 11.4. The van der Waals surface area contributed by atoms with E-state index in [0.29, 0.717) is 18.4 Å². The van der Waals surface area contributed by atoms with E-state index in [0.717, 1.165) is 6.42 Å². The molecule has 5 nitrogen and oxygen atoms in total. The molecular weight excluding hydrogens is 194 g/mol. The van der Waals surface area contributed by atoms with Gasteiger partial charge in [-0.25, -0.2) is 0 Å². The largest absolute Gasteiger partial charge is 0.337 e. The van der Waals surface area contributed by atoms with Crippen LogP contribution in [0.5, 0.6) is 0 Å². The number of nitrogens with zero attached hydrogens (tertiary/aromatic N) is 2. The molecule has 1 fully saturated rings. The quantitative estimate of drug-likeness (QED) is 0.514. The molecule has 0 aromatic rings. The van der Waals surface area contributed by atoms with Gasteiger partial charge in [0, 0.05) is 13.6 Å². The number of likely N-dealkylation sites (N-methyl/N-ethyl adjacent to an activating group) is 1. The molecule has 0 radical (unpaired) electrons. The van der Waals surface area contributed by atoms with E-state index >= 15 is 0 Å². The fourth-order valence-corrected chi connectivity index (χ4v) is 1.46. The molecule has 0 aromatic heterocycles. The lowest BCUT2D eigenvalue weighted by molar-refractivity contribution is -0.145. The van der Waals surface area contributed by atoms with Crippen molar-refractivity contribution in [2.75, 3.05) is 20.1 Å². The highest BCUT2D eigenvalue weighted by Crippen LogP contribution is 2.37. The molecule has 1 aliphatic carbocycles. The Morgan fingerprint density at radius 3 is 2.67 bits per heavy atom. The van der Waals surface area contributed by atoms with Gasteiger partial charge in [-0.1, -0.05) is 6.92 Å². The average Bonchev–Trinajstić information content (AvgIpc) is 2.89. The van der Waals surface area contributed by atoms with Crippen LogP contribution in [0.3, 0.4) is 0 Å². The molecule has 1 N–H and O–H groups in total. The Hall–Kier alpha value is -1.57. The van der Waals surface area contributed by atoms with Crippen molar-refractivity contribution in [2.24, 2.45) is 11.8 Å². The molecule has 2 amide bonds. The Morgan fingerprint density at radius 2 is 2.20 bits per heavy atom. The number of hydrogen-bond donors (Lipinski definition) is 1. The standard InChI is InChI=1S/C10H15N3O2/c1-7-5-8(7)6-13(2)10(15)9(14)12-4-3-11/h7-8H,4-6H2,1-2H3,(H,12,14). The number of nitriles is 1. The van der Waals surface area contributed by atoms with Crippen molar-refractivity contribution in [3.8, 4) is 6.07 Å². The minimum atomic E-state index is -0.702. The summed E-state index contributed by atoms with van der Waals surface area (Å²) >= 11 is 0. The summed E-state index contributed by atoms with van der Waals surface area (Å²) in [6.45, 7) is 2.62. The lowest BCUT2D eigenvalue weighted by Crippen LogP contribution is -2.42. The van der Waals surface area contributed by atoms with Crippen LogP contribution in [0.2, 0.25) is 0 Å². The van der Waals surface area contributed by atoms with Gasteiger partial charge in [0.1, 0.15) is 6.54 Å². The Balaban J connectivity index is 2.32. The first-order chi connectivity index (χ1) is 7.06. The maximum absolute atomic E-state index is 11.4. The summed E-state index contributed by atoms with van der Waals surface area (Å²) in [6, 6.07) is 1.75. The molecule has 1 aliphatic rings. The second-order valence-electron chi connectivity index (χ2n) is 4.00.